The SMILES string of the molecule is CCCCCCCCC/C=C/C(O)C(COC1OC(CO)C(O)C(O)C1O)NC(=O)CCCCCCCCCCCCCCCCCC/C=C\CCCCCCCCCCCCCCOC(=O)CCCCCCCCCCCCCCCCCC. The van der Waals surface area contributed by atoms with Crippen molar-refractivity contribution in [2.75, 3.05) is 19.8 Å². The molecule has 0 spiro atoms. The Hall–Kier alpha value is -1.86. The maximum absolute atomic E-state index is 13.0. The van der Waals surface area contributed by atoms with Crippen molar-refractivity contribution < 1.29 is 49.3 Å². The number of allylic oxidation sites excluding steroid dienone is 3. The Morgan fingerprint density at radius 2 is 0.753 bits per heavy atom. The average molecular weight is 1200 g/mol. The molecule has 0 radical (unpaired) electrons. The number of hydrogen-bond acceptors (Lipinski definition) is 10. The van der Waals surface area contributed by atoms with Crippen molar-refractivity contribution >= 4 is 11.9 Å². The van der Waals surface area contributed by atoms with E-state index in [1.165, 1.54) is 295 Å². The van der Waals surface area contributed by atoms with Crippen molar-refractivity contribution in [3.63, 3.8) is 0 Å². The molecule has 0 aromatic heterocycles. The molecule has 1 fully saturated rings. The van der Waals surface area contributed by atoms with Crippen LogP contribution in [0.3, 0.4) is 0 Å². The molecule has 11 nitrogen and oxygen atoms in total. The highest BCUT2D eigenvalue weighted by Crippen LogP contribution is 2.24. The van der Waals surface area contributed by atoms with E-state index in [-0.39, 0.29) is 18.5 Å². The first-order valence-corrected chi connectivity index (χ1v) is 37.1. The summed E-state index contributed by atoms with van der Waals surface area (Å²) in [5, 5.41) is 54.3. The fourth-order valence-corrected chi connectivity index (χ4v) is 12.0. The summed E-state index contributed by atoms with van der Waals surface area (Å²) in [6.07, 6.45) is 70.6. The summed E-state index contributed by atoms with van der Waals surface area (Å²) in [7, 11) is 0. The summed E-state index contributed by atoms with van der Waals surface area (Å²) < 4.78 is 16.7. The smallest absolute Gasteiger partial charge is 0.305 e. The highest BCUT2D eigenvalue weighted by molar-refractivity contribution is 5.76. The number of unbranched alkanes of at least 4 members (excludes halogenated alkanes) is 50. The van der Waals surface area contributed by atoms with Gasteiger partial charge in [-0.15, -0.1) is 0 Å². The topological polar surface area (TPSA) is 175 Å². The van der Waals surface area contributed by atoms with E-state index in [4.69, 9.17) is 14.2 Å². The molecule has 1 aliphatic heterocycles. The van der Waals surface area contributed by atoms with Gasteiger partial charge in [0.2, 0.25) is 5.91 Å². The number of rotatable bonds is 66. The van der Waals surface area contributed by atoms with Crippen LogP contribution in [0.2, 0.25) is 0 Å². The number of nitrogens with one attached hydrogen (secondary N) is 1. The third-order valence-electron chi connectivity index (χ3n) is 17.8. The summed E-state index contributed by atoms with van der Waals surface area (Å²) in [6, 6.07) is -0.806. The second-order valence-electron chi connectivity index (χ2n) is 26.0. The highest BCUT2D eigenvalue weighted by Gasteiger charge is 2.44. The van der Waals surface area contributed by atoms with Crippen molar-refractivity contribution in [3.8, 4) is 0 Å². The molecule has 0 aromatic carbocycles. The molecule has 1 aliphatic rings. The van der Waals surface area contributed by atoms with Crippen LogP contribution in [0.5, 0.6) is 0 Å². The number of aliphatic hydroxyl groups is 5. The number of ether oxygens (including phenoxy) is 3. The van der Waals surface area contributed by atoms with Gasteiger partial charge < -0.3 is 45.1 Å². The van der Waals surface area contributed by atoms with Crippen LogP contribution in [-0.4, -0.2) is 100 Å². The molecule has 1 heterocycles. The average Bonchev–Trinajstić information content (AvgIpc) is 3.70. The minimum absolute atomic E-state index is 0.0147. The van der Waals surface area contributed by atoms with Crippen LogP contribution in [0.1, 0.15) is 373 Å². The molecule has 0 aliphatic carbocycles. The van der Waals surface area contributed by atoms with Crippen molar-refractivity contribution in [2.45, 2.75) is 416 Å². The quantitative estimate of drug-likeness (QED) is 0.0195. The predicted molar refractivity (Wildman–Crippen MR) is 357 cm³/mol. The molecule has 0 bridgehead atoms. The van der Waals surface area contributed by atoms with E-state index in [0.29, 0.717) is 19.4 Å². The minimum Gasteiger partial charge on any atom is -0.466 e. The van der Waals surface area contributed by atoms with Gasteiger partial charge in [0.05, 0.1) is 32.0 Å². The van der Waals surface area contributed by atoms with E-state index in [1.54, 1.807) is 6.08 Å². The van der Waals surface area contributed by atoms with Gasteiger partial charge >= 0.3 is 5.97 Å². The molecule has 502 valence electrons. The Bertz CT molecular complexity index is 1460. The Balaban J connectivity index is 1.88. The first-order valence-electron chi connectivity index (χ1n) is 37.1. The van der Waals surface area contributed by atoms with Gasteiger partial charge in [0.15, 0.2) is 6.29 Å². The molecule has 7 unspecified atom stereocenters. The van der Waals surface area contributed by atoms with Crippen molar-refractivity contribution in [1.82, 2.24) is 5.32 Å². The van der Waals surface area contributed by atoms with Gasteiger partial charge in [-0.1, -0.05) is 327 Å². The Labute approximate surface area is 524 Å². The van der Waals surface area contributed by atoms with E-state index in [0.717, 1.165) is 51.4 Å². The number of amides is 1. The van der Waals surface area contributed by atoms with Crippen LogP contribution >= 0.6 is 0 Å². The molecule has 1 saturated heterocycles. The molecule has 7 atom stereocenters. The van der Waals surface area contributed by atoms with Crippen molar-refractivity contribution in [1.29, 1.82) is 0 Å². The van der Waals surface area contributed by atoms with Gasteiger partial charge in [-0.3, -0.25) is 9.59 Å². The number of carbonyl (C=O) groups excluding carboxylic acids is 2. The normalized spacial score (nSPS) is 18.0. The maximum Gasteiger partial charge on any atom is 0.305 e. The van der Waals surface area contributed by atoms with Gasteiger partial charge in [0, 0.05) is 12.8 Å². The summed E-state index contributed by atoms with van der Waals surface area (Å²) in [6.45, 7) is 4.36. The summed E-state index contributed by atoms with van der Waals surface area (Å²) >= 11 is 0. The van der Waals surface area contributed by atoms with Gasteiger partial charge in [-0.25, -0.2) is 0 Å². The lowest BCUT2D eigenvalue weighted by Gasteiger charge is -2.40. The number of carbonyl (C=O) groups is 2. The fraction of sp³-hybridized carbons (Fsp3) is 0.919. The van der Waals surface area contributed by atoms with Gasteiger partial charge in [-0.2, -0.15) is 0 Å². The molecule has 0 aromatic rings. The largest absolute Gasteiger partial charge is 0.466 e. The maximum atomic E-state index is 13.0. The summed E-state index contributed by atoms with van der Waals surface area (Å²) in [5.74, 6) is -0.165. The Morgan fingerprint density at radius 1 is 0.424 bits per heavy atom. The standard InChI is InChI=1S/C74H141NO10/c1-3-5-7-9-11-13-14-15-16-36-39-42-46-50-54-58-62-70(79)83-63-59-55-51-47-43-40-37-34-32-30-28-26-24-22-20-18-17-19-21-23-25-27-29-31-33-35-38-41-45-49-53-57-61-69(78)75-66(67(77)60-56-52-48-44-12-10-8-6-4-2)65-84-74-73(82)72(81)71(80)68(64-76)85-74/h20,22,56,60,66-68,71-74,76-77,80-82H,3-19,21,23-55,57-59,61-65H2,1-2H3,(H,75,78)/b22-20-,60-56+. The minimum atomic E-state index is -1.57. The lowest BCUT2D eigenvalue weighted by molar-refractivity contribution is -0.302. The van der Waals surface area contributed by atoms with E-state index < -0.39 is 49.5 Å². The lowest BCUT2D eigenvalue weighted by atomic mass is 9.99. The van der Waals surface area contributed by atoms with Crippen molar-refractivity contribution in [3.05, 3.63) is 24.3 Å². The second-order valence-corrected chi connectivity index (χ2v) is 26.0. The number of aliphatic hydroxyl groups excluding tert-OH is 5. The molecule has 85 heavy (non-hydrogen) atoms. The number of hydrogen-bond donors (Lipinski definition) is 6. The summed E-state index contributed by atoms with van der Waals surface area (Å²) in [4.78, 5) is 25.1. The second kappa shape index (κ2) is 63.7. The van der Waals surface area contributed by atoms with Crippen LogP contribution in [0, 0.1) is 0 Å². The number of esters is 1. The third-order valence-corrected chi connectivity index (χ3v) is 17.8. The zero-order chi connectivity index (χ0) is 61.6. The van der Waals surface area contributed by atoms with E-state index in [2.05, 4.69) is 31.3 Å². The van der Waals surface area contributed by atoms with Gasteiger partial charge in [-0.05, 0) is 57.8 Å². The highest BCUT2D eigenvalue weighted by atomic mass is 16.7. The van der Waals surface area contributed by atoms with Crippen molar-refractivity contribution in [2.24, 2.45) is 0 Å². The van der Waals surface area contributed by atoms with Crippen LogP contribution in [0.15, 0.2) is 24.3 Å². The first-order chi connectivity index (χ1) is 41.7. The lowest BCUT2D eigenvalue weighted by Crippen LogP contribution is -2.60. The van der Waals surface area contributed by atoms with Gasteiger partial charge in [0.25, 0.3) is 0 Å². The van der Waals surface area contributed by atoms with Crippen LogP contribution < -0.4 is 5.32 Å². The van der Waals surface area contributed by atoms with Gasteiger partial charge in [0.1, 0.15) is 24.4 Å². The van der Waals surface area contributed by atoms with E-state index >= 15 is 0 Å². The molecular formula is C74H141NO10. The zero-order valence-corrected chi connectivity index (χ0v) is 55.8. The third kappa shape index (κ3) is 52.6. The first kappa shape index (κ1) is 81.2. The predicted octanol–water partition coefficient (Wildman–Crippen LogP) is 19.2. The molecular weight excluding hydrogens is 1060 g/mol. The van der Waals surface area contributed by atoms with Crippen LogP contribution in [0.25, 0.3) is 0 Å². The Kier molecular flexibility index (Phi) is 60.8. The molecule has 1 amide bonds. The Morgan fingerprint density at radius 3 is 1.13 bits per heavy atom. The summed E-state index contributed by atoms with van der Waals surface area (Å²) in [5.41, 5.74) is 0. The monoisotopic (exact) mass is 1200 g/mol. The molecule has 11 heteroatoms. The molecule has 1 rings (SSSR count). The van der Waals surface area contributed by atoms with E-state index in [9.17, 15) is 35.1 Å². The molecule has 0 saturated carbocycles. The van der Waals surface area contributed by atoms with Crippen LogP contribution in [0.4, 0.5) is 0 Å². The molecule has 6 N–H and O–H groups in total. The zero-order valence-electron chi connectivity index (χ0n) is 55.8. The van der Waals surface area contributed by atoms with E-state index in [1.807, 2.05) is 6.08 Å². The van der Waals surface area contributed by atoms with Crippen LogP contribution in [-0.2, 0) is 23.8 Å². The fourth-order valence-electron chi connectivity index (χ4n) is 12.0.